The smallest absolute Gasteiger partial charge is 0.407 e. The van der Waals surface area contributed by atoms with Crippen molar-refractivity contribution >= 4 is 24.1 Å². The quantitative estimate of drug-likeness (QED) is 0.335. The molecule has 0 aromatic rings. The first-order valence-electron chi connectivity index (χ1n) is 9.69. The molecule has 6 atom stereocenters. The molecule has 4 unspecified atom stereocenters. The summed E-state index contributed by atoms with van der Waals surface area (Å²) in [5, 5.41) is 2.65. The Hall–Kier alpha value is -1.92. The van der Waals surface area contributed by atoms with Crippen molar-refractivity contribution in [3.05, 3.63) is 0 Å². The SMILES string of the molecule is CC(C)C[C@@H](C)C[C@@H](C)C(=O)C(C)C1NC(=O)OC1COC(=O)C(C)C=O. The van der Waals surface area contributed by atoms with E-state index in [1.165, 1.54) is 6.92 Å². The third-order valence-corrected chi connectivity index (χ3v) is 5.01. The monoisotopic (exact) mass is 383 g/mol. The number of nitrogens with one attached hydrogen (secondary N) is 1. The number of alkyl carbamates (subject to hydrolysis) is 1. The van der Waals surface area contributed by atoms with Gasteiger partial charge in [0.1, 0.15) is 24.6 Å². The number of rotatable bonds is 11. The first kappa shape index (κ1) is 23.1. The second-order valence-corrected chi connectivity index (χ2v) is 8.23. The van der Waals surface area contributed by atoms with Gasteiger partial charge in [-0.05, 0) is 31.6 Å². The van der Waals surface area contributed by atoms with Gasteiger partial charge in [0, 0.05) is 11.8 Å². The average molecular weight is 383 g/mol. The van der Waals surface area contributed by atoms with E-state index >= 15 is 0 Å². The van der Waals surface area contributed by atoms with Gasteiger partial charge in [-0.2, -0.15) is 0 Å². The Bertz CT molecular complexity index is 547. The summed E-state index contributed by atoms with van der Waals surface area (Å²) in [6, 6.07) is -0.563. The molecule has 1 fully saturated rings. The highest BCUT2D eigenvalue weighted by molar-refractivity contribution is 5.87. The summed E-state index contributed by atoms with van der Waals surface area (Å²) in [5.74, 6) is -1.09. The van der Waals surface area contributed by atoms with Crippen LogP contribution in [-0.4, -0.2) is 42.9 Å². The lowest BCUT2D eigenvalue weighted by Crippen LogP contribution is -2.44. The van der Waals surface area contributed by atoms with Crippen LogP contribution in [0.1, 0.15) is 54.4 Å². The van der Waals surface area contributed by atoms with Gasteiger partial charge in [-0.25, -0.2) is 4.79 Å². The van der Waals surface area contributed by atoms with Crippen LogP contribution in [0, 0.1) is 29.6 Å². The van der Waals surface area contributed by atoms with E-state index in [0.29, 0.717) is 18.1 Å². The van der Waals surface area contributed by atoms with Crippen molar-refractivity contribution < 1.29 is 28.7 Å². The summed E-state index contributed by atoms with van der Waals surface area (Å²) < 4.78 is 10.2. The Labute approximate surface area is 161 Å². The Morgan fingerprint density at radius 3 is 2.33 bits per heavy atom. The number of ketones is 1. The Kier molecular flexibility index (Phi) is 8.93. The fraction of sp³-hybridized carbons (Fsp3) is 0.800. The van der Waals surface area contributed by atoms with Gasteiger partial charge < -0.3 is 19.6 Å². The zero-order chi connectivity index (χ0) is 20.7. The van der Waals surface area contributed by atoms with E-state index in [1.807, 2.05) is 6.92 Å². The van der Waals surface area contributed by atoms with Crippen LogP contribution in [0.2, 0.25) is 0 Å². The van der Waals surface area contributed by atoms with Gasteiger partial charge in [-0.3, -0.25) is 9.59 Å². The van der Waals surface area contributed by atoms with Crippen molar-refractivity contribution in [2.24, 2.45) is 29.6 Å². The molecule has 0 aliphatic carbocycles. The molecule has 0 saturated carbocycles. The van der Waals surface area contributed by atoms with Crippen LogP contribution in [0.3, 0.4) is 0 Å². The van der Waals surface area contributed by atoms with Crippen molar-refractivity contribution in [2.75, 3.05) is 6.61 Å². The van der Waals surface area contributed by atoms with E-state index < -0.39 is 36.0 Å². The predicted molar refractivity (Wildman–Crippen MR) is 100.0 cm³/mol. The summed E-state index contributed by atoms with van der Waals surface area (Å²) in [4.78, 5) is 46.8. The van der Waals surface area contributed by atoms with Crippen LogP contribution in [0.5, 0.6) is 0 Å². The largest absolute Gasteiger partial charge is 0.461 e. The lowest BCUT2D eigenvalue weighted by atomic mass is 9.82. The highest BCUT2D eigenvalue weighted by Crippen LogP contribution is 2.26. The van der Waals surface area contributed by atoms with Gasteiger partial charge in [0.2, 0.25) is 0 Å². The zero-order valence-electron chi connectivity index (χ0n) is 17.2. The van der Waals surface area contributed by atoms with Gasteiger partial charge in [0.05, 0.1) is 6.04 Å². The summed E-state index contributed by atoms with van der Waals surface area (Å²) in [7, 11) is 0. The molecule has 0 bridgehead atoms. The minimum Gasteiger partial charge on any atom is -0.461 e. The minimum atomic E-state index is -0.880. The van der Waals surface area contributed by atoms with Crippen LogP contribution in [-0.2, 0) is 23.9 Å². The van der Waals surface area contributed by atoms with Crippen molar-refractivity contribution in [3.63, 3.8) is 0 Å². The zero-order valence-corrected chi connectivity index (χ0v) is 17.2. The van der Waals surface area contributed by atoms with Crippen molar-refractivity contribution in [2.45, 2.75) is 66.5 Å². The lowest BCUT2D eigenvalue weighted by Gasteiger charge is -2.26. The van der Waals surface area contributed by atoms with E-state index in [1.54, 1.807) is 6.92 Å². The highest BCUT2D eigenvalue weighted by atomic mass is 16.6. The fourth-order valence-electron chi connectivity index (χ4n) is 3.66. The van der Waals surface area contributed by atoms with Crippen LogP contribution >= 0.6 is 0 Å². The molecule has 27 heavy (non-hydrogen) atoms. The Morgan fingerprint density at radius 2 is 1.78 bits per heavy atom. The molecular weight excluding hydrogens is 350 g/mol. The molecule has 1 rings (SSSR count). The standard InChI is InChI=1S/C20H33NO6/c1-11(2)7-12(3)8-13(4)18(23)15(6)17-16(27-20(25)21-17)10-26-19(24)14(5)9-22/h9,11-17H,7-8,10H2,1-6H3,(H,21,25)/t12-,13-,14?,15?,16?,17?/m1/s1. The number of hydrogen-bond acceptors (Lipinski definition) is 6. The molecule has 1 heterocycles. The minimum absolute atomic E-state index is 0.0546. The first-order valence-corrected chi connectivity index (χ1v) is 9.69. The summed E-state index contributed by atoms with van der Waals surface area (Å²) >= 11 is 0. The molecule has 0 spiro atoms. The second kappa shape index (κ2) is 10.4. The van der Waals surface area contributed by atoms with Crippen LogP contribution in [0.25, 0.3) is 0 Å². The molecule has 1 amide bonds. The maximum Gasteiger partial charge on any atom is 0.407 e. The van der Waals surface area contributed by atoms with Crippen LogP contribution in [0.4, 0.5) is 4.79 Å². The predicted octanol–water partition coefficient (Wildman–Crippen LogP) is 2.76. The number of hydrogen-bond donors (Lipinski definition) is 1. The normalized spacial score (nSPS) is 23.7. The molecule has 7 nitrogen and oxygen atoms in total. The van der Waals surface area contributed by atoms with Gasteiger partial charge >= 0.3 is 12.1 Å². The molecule has 0 aromatic heterocycles. The molecule has 0 radical (unpaired) electrons. The molecule has 0 aromatic carbocycles. The molecule has 154 valence electrons. The van der Waals surface area contributed by atoms with E-state index in [4.69, 9.17) is 9.47 Å². The molecule has 1 N–H and O–H groups in total. The van der Waals surface area contributed by atoms with Crippen molar-refractivity contribution in [1.82, 2.24) is 5.32 Å². The van der Waals surface area contributed by atoms with E-state index in [2.05, 4.69) is 26.1 Å². The highest BCUT2D eigenvalue weighted by Gasteiger charge is 2.42. The molecule has 1 aliphatic heterocycles. The molecular formula is C20H33NO6. The third kappa shape index (κ3) is 6.96. The first-order chi connectivity index (χ1) is 12.6. The van der Waals surface area contributed by atoms with Gasteiger partial charge in [0.15, 0.2) is 6.10 Å². The Balaban J connectivity index is 2.67. The summed E-state index contributed by atoms with van der Waals surface area (Å²) in [6.45, 7) is 11.4. The fourth-order valence-corrected chi connectivity index (χ4v) is 3.66. The maximum absolute atomic E-state index is 12.8. The summed E-state index contributed by atoms with van der Waals surface area (Å²) in [6.07, 6.45) is 0.956. The van der Waals surface area contributed by atoms with Crippen molar-refractivity contribution in [1.29, 1.82) is 0 Å². The van der Waals surface area contributed by atoms with Gasteiger partial charge in [0.25, 0.3) is 0 Å². The second-order valence-electron chi connectivity index (χ2n) is 8.23. The van der Waals surface area contributed by atoms with Crippen LogP contribution < -0.4 is 5.32 Å². The number of amides is 1. The van der Waals surface area contributed by atoms with E-state index in [0.717, 1.165) is 12.8 Å². The van der Waals surface area contributed by atoms with E-state index in [9.17, 15) is 19.2 Å². The Morgan fingerprint density at radius 1 is 1.15 bits per heavy atom. The van der Waals surface area contributed by atoms with Gasteiger partial charge in [-0.15, -0.1) is 0 Å². The topological polar surface area (TPSA) is 98.8 Å². The average Bonchev–Trinajstić information content (AvgIpc) is 2.97. The van der Waals surface area contributed by atoms with Gasteiger partial charge in [-0.1, -0.05) is 34.6 Å². The molecule has 1 saturated heterocycles. The number of cyclic esters (lactones) is 1. The number of carbonyl (C=O) groups is 4. The third-order valence-electron chi connectivity index (χ3n) is 5.01. The lowest BCUT2D eigenvalue weighted by molar-refractivity contribution is -0.151. The van der Waals surface area contributed by atoms with Crippen LogP contribution in [0.15, 0.2) is 0 Å². The van der Waals surface area contributed by atoms with E-state index in [-0.39, 0.29) is 18.3 Å². The number of esters is 1. The number of aldehydes is 1. The summed E-state index contributed by atoms with van der Waals surface area (Å²) in [5.41, 5.74) is 0. The number of ether oxygens (including phenoxy) is 2. The van der Waals surface area contributed by atoms with Crippen molar-refractivity contribution in [3.8, 4) is 0 Å². The number of Topliss-reactive ketones (excluding diaryl/α,β-unsaturated/α-hetero) is 1. The molecule has 7 heteroatoms. The maximum atomic E-state index is 12.8. The number of carbonyl (C=O) groups excluding carboxylic acids is 4. The molecule has 1 aliphatic rings.